The molecule has 1 aliphatic rings. The third kappa shape index (κ3) is 4.50. The van der Waals surface area contributed by atoms with E-state index in [1.54, 1.807) is 6.92 Å². The molecule has 166 valence electrons. The number of rotatable bonds is 6. The predicted octanol–water partition coefficient (Wildman–Crippen LogP) is 4.45. The Morgan fingerprint density at radius 1 is 1.12 bits per heavy atom. The Labute approximate surface area is 191 Å². The topological polar surface area (TPSA) is 96.1 Å². The number of carbonyl (C=O) groups excluding carboxylic acids is 2. The number of imidazole rings is 1. The van der Waals surface area contributed by atoms with Gasteiger partial charge < -0.3 is 20.4 Å². The Bertz CT molecular complexity index is 1230. The summed E-state index contributed by atoms with van der Waals surface area (Å²) >= 11 is 1.43. The zero-order valence-electron chi connectivity index (χ0n) is 18.5. The molecule has 0 radical (unpaired) electrons. The van der Waals surface area contributed by atoms with Gasteiger partial charge in [-0.1, -0.05) is 41.6 Å². The standard InChI is InChI=1S/C24H26N4O3S/c1-5-31-22(29)20-19(12-32-24-26-17-9-7-14(3)11-18(17)27-24)25-23(30)28-21(20)16-10-13(2)6-8-15(16)4/h6-11,21H,5,12H2,1-4H3,(H,26,27)(H2,25,28,30)/t21-/m1/s1. The molecule has 2 amide bonds. The number of thioether (sulfide) groups is 1. The lowest BCUT2D eigenvalue weighted by molar-refractivity contribution is -0.139. The van der Waals surface area contributed by atoms with E-state index in [4.69, 9.17) is 4.74 Å². The van der Waals surface area contributed by atoms with Crippen molar-refractivity contribution in [1.29, 1.82) is 0 Å². The minimum Gasteiger partial charge on any atom is -0.463 e. The first-order chi connectivity index (χ1) is 15.4. The smallest absolute Gasteiger partial charge is 0.338 e. The molecule has 1 aliphatic heterocycles. The maximum Gasteiger partial charge on any atom is 0.338 e. The normalized spacial score (nSPS) is 16.1. The first kappa shape index (κ1) is 22.0. The number of H-pyrrole nitrogens is 1. The highest BCUT2D eigenvalue weighted by atomic mass is 32.2. The van der Waals surface area contributed by atoms with Crippen LogP contribution in [0.5, 0.6) is 0 Å². The summed E-state index contributed by atoms with van der Waals surface area (Å²) in [6.45, 7) is 8.00. The molecule has 0 aliphatic carbocycles. The molecule has 3 N–H and O–H groups in total. The number of urea groups is 1. The van der Waals surface area contributed by atoms with E-state index in [0.717, 1.165) is 38.4 Å². The van der Waals surface area contributed by atoms with Crippen molar-refractivity contribution in [2.24, 2.45) is 0 Å². The maximum absolute atomic E-state index is 13.0. The molecule has 0 bridgehead atoms. The van der Waals surface area contributed by atoms with Crippen molar-refractivity contribution < 1.29 is 14.3 Å². The fourth-order valence-corrected chi connectivity index (χ4v) is 4.65. The molecule has 0 unspecified atom stereocenters. The summed E-state index contributed by atoms with van der Waals surface area (Å²) in [5.41, 5.74) is 6.84. The Kier molecular flexibility index (Phi) is 6.23. The summed E-state index contributed by atoms with van der Waals surface area (Å²) in [7, 11) is 0. The van der Waals surface area contributed by atoms with Crippen LogP contribution in [-0.4, -0.2) is 34.3 Å². The molecule has 0 saturated heterocycles. The van der Waals surface area contributed by atoms with Crippen LogP contribution < -0.4 is 10.6 Å². The van der Waals surface area contributed by atoms with Gasteiger partial charge in [0.2, 0.25) is 0 Å². The number of esters is 1. The van der Waals surface area contributed by atoms with Crippen molar-refractivity contribution in [3.05, 3.63) is 69.9 Å². The van der Waals surface area contributed by atoms with Crippen LogP contribution in [0, 0.1) is 20.8 Å². The average Bonchev–Trinajstić information content (AvgIpc) is 3.15. The van der Waals surface area contributed by atoms with Crippen LogP contribution in [0.25, 0.3) is 11.0 Å². The highest BCUT2D eigenvalue weighted by Crippen LogP contribution is 2.32. The molecule has 3 aromatic rings. The van der Waals surface area contributed by atoms with Gasteiger partial charge in [0, 0.05) is 11.4 Å². The SMILES string of the molecule is CCOC(=O)C1=C(CSc2nc3ccc(C)cc3[nH]2)NC(=O)N[C@@H]1c1cc(C)ccc1C. The maximum atomic E-state index is 13.0. The van der Waals surface area contributed by atoms with E-state index in [1.807, 2.05) is 57.2 Å². The number of nitrogens with zero attached hydrogens (tertiary/aromatic N) is 1. The summed E-state index contributed by atoms with van der Waals surface area (Å²) in [5.74, 6) is -0.0800. The Morgan fingerprint density at radius 3 is 2.66 bits per heavy atom. The summed E-state index contributed by atoms with van der Waals surface area (Å²) < 4.78 is 5.36. The average molecular weight is 451 g/mol. The first-order valence-corrected chi connectivity index (χ1v) is 11.5. The molecule has 0 spiro atoms. The third-order valence-electron chi connectivity index (χ3n) is 5.36. The van der Waals surface area contributed by atoms with Crippen LogP contribution in [-0.2, 0) is 9.53 Å². The first-order valence-electron chi connectivity index (χ1n) is 10.5. The van der Waals surface area contributed by atoms with E-state index < -0.39 is 12.0 Å². The number of aromatic amines is 1. The van der Waals surface area contributed by atoms with Crippen LogP contribution >= 0.6 is 11.8 Å². The molecule has 8 heteroatoms. The zero-order chi connectivity index (χ0) is 22.8. The summed E-state index contributed by atoms with van der Waals surface area (Å²) in [4.78, 5) is 33.4. The van der Waals surface area contributed by atoms with E-state index in [2.05, 4.69) is 20.6 Å². The van der Waals surface area contributed by atoms with E-state index in [0.29, 0.717) is 17.0 Å². The molecule has 2 heterocycles. The van der Waals surface area contributed by atoms with Crippen LogP contribution in [0.1, 0.15) is 35.2 Å². The van der Waals surface area contributed by atoms with Gasteiger partial charge in [-0.3, -0.25) is 0 Å². The molecule has 1 aromatic heterocycles. The van der Waals surface area contributed by atoms with Gasteiger partial charge in [0.1, 0.15) is 0 Å². The molecule has 0 fully saturated rings. The lowest BCUT2D eigenvalue weighted by atomic mass is 9.91. The number of aryl methyl sites for hydroxylation is 3. The summed E-state index contributed by atoms with van der Waals surface area (Å²) in [6.07, 6.45) is 0. The number of aromatic nitrogens is 2. The lowest BCUT2D eigenvalue weighted by Crippen LogP contribution is -2.46. The molecule has 32 heavy (non-hydrogen) atoms. The second-order valence-corrected chi connectivity index (χ2v) is 8.82. The van der Waals surface area contributed by atoms with E-state index in [-0.39, 0.29) is 12.6 Å². The van der Waals surface area contributed by atoms with Gasteiger partial charge in [0.05, 0.1) is 29.3 Å². The van der Waals surface area contributed by atoms with Crippen molar-refractivity contribution in [1.82, 2.24) is 20.6 Å². The lowest BCUT2D eigenvalue weighted by Gasteiger charge is -2.30. The number of hydrogen-bond acceptors (Lipinski definition) is 5. The van der Waals surface area contributed by atoms with Crippen molar-refractivity contribution in [2.45, 2.75) is 38.9 Å². The van der Waals surface area contributed by atoms with Gasteiger partial charge in [0.25, 0.3) is 0 Å². The minimum atomic E-state index is -0.586. The van der Waals surface area contributed by atoms with Crippen molar-refractivity contribution >= 4 is 34.8 Å². The minimum absolute atomic E-state index is 0.249. The predicted molar refractivity (Wildman–Crippen MR) is 126 cm³/mol. The highest BCUT2D eigenvalue weighted by Gasteiger charge is 2.34. The van der Waals surface area contributed by atoms with Gasteiger partial charge in [-0.05, 0) is 56.5 Å². The van der Waals surface area contributed by atoms with E-state index in [9.17, 15) is 9.59 Å². The molecule has 4 rings (SSSR count). The van der Waals surface area contributed by atoms with E-state index >= 15 is 0 Å². The second kappa shape index (κ2) is 9.08. The summed E-state index contributed by atoms with van der Waals surface area (Å²) in [5, 5.41) is 6.44. The highest BCUT2D eigenvalue weighted by molar-refractivity contribution is 7.99. The molecule has 0 saturated carbocycles. The molecule has 7 nitrogen and oxygen atoms in total. The van der Waals surface area contributed by atoms with Crippen LogP contribution in [0.15, 0.2) is 52.8 Å². The third-order valence-corrected chi connectivity index (χ3v) is 6.26. The van der Waals surface area contributed by atoms with Crippen LogP contribution in [0.2, 0.25) is 0 Å². The monoisotopic (exact) mass is 450 g/mol. The quantitative estimate of drug-likeness (QED) is 0.381. The van der Waals surface area contributed by atoms with Gasteiger partial charge in [-0.15, -0.1) is 0 Å². The van der Waals surface area contributed by atoms with Crippen molar-refractivity contribution in [2.75, 3.05) is 12.4 Å². The van der Waals surface area contributed by atoms with Gasteiger partial charge in [-0.2, -0.15) is 0 Å². The number of ether oxygens (including phenoxy) is 1. The van der Waals surface area contributed by atoms with Crippen LogP contribution in [0.4, 0.5) is 4.79 Å². The number of amides is 2. The largest absolute Gasteiger partial charge is 0.463 e. The fourth-order valence-electron chi connectivity index (χ4n) is 3.79. The van der Waals surface area contributed by atoms with Gasteiger partial charge >= 0.3 is 12.0 Å². The Balaban J connectivity index is 1.71. The van der Waals surface area contributed by atoms with Crippen LogP contribution in [0.3, 0.4) is 0 Å². The van der Waals surface area contributed by atoms with E-state index in [1.165, 1.54) is 11.8 Å². The summed E-state index contributed by atoms with van der Waals surface area (Å²) in [6, 6.07) is 11.1. The van der Waals surface area contributed by atoms with Gasteiger partial charge in [0.15, 0.2) is 5.16 Å². The number of carbonyl (C=O) groups is 2. The number of benzene rings is 2. The Hall–Kier alpha value is -3.26. The van der Waals surface area contributed by atoms with Crippen molar-refractivity contribution in [3.63, 3.8) is 0 Å². The molecule has 1 atom stereocenters. The van der Waals surface area contributed by atoms with Gasteiger partial charge in [-0.25, -0.2) is 14.6 Å². The molecular weight excluding hydrogens is 424 g/mol. The Morgan fingerprint density at radius 2 is 1.88 bits per heavy atom. The molecular formula is C24H26N4O3S. The fraction of sp³-hybridized carbons (Fsp3) is 0.292. The second-order valence-electron chi connectivity index (χ2n) is 7.86. The van der Waals surface area contributed by atoms with Crippen molar-refractivity contribution in [3.8, 4) is 0 Å². The zero-order valence-corrected chi connectivity index (χ0v) is 19.4. The number of nitrogens with one attached hydrogen (secondary N) is 3. The number of fused-ring (bicyclic) bond motifs is 1. The number of hydrogen-bond donors (Lipinski definition) is 3. The molecule has 2 aromatic carbocycles.